The number of carbonyl (C=O) groups excluding carboxylic acids is 1. The summed E-state index contributed by atoms with van der Waals surface area (Å²) in [5.74, 6) is -0.0417. The monoisotopic (exact) mass is 150 g/mol. The molecule has 0 aromatic heterocycles. The molecule has 0 aromatic carbocycles. The largest absolute Gasteiger partial charge is 0.330 e. The molecule has 58 valence electrons. The van der Waals surface area contributed by atoms with Gasteiger partial charge in [0.1, 0.15) is 0 Å². The molecular formula is C8H10N2O. The molecule has 0 saturated heterocycles. The van der Waals surface area contributed by atoms with Gasteiger partial charge in [-0.15, -0.1) is 0 Å². The number of amides is 1. The molecule has 0 saturated carbocycles. The summed E-state index contributed by atoms with van der Waals surface area (Å²) >= 11 is 0. The van der Waals surface area contributed by atoms with E-state index in [-0.39, 0.29) is 5.91 Å². The Hall–Kier alpha value is -1.38. The number of hydrogen-bond donors (Lipinski definition) is 1. The number of allylic oxidation sites excluding steroid dienone is 2. The topological polar surface area (TPSA) is 41.5 Å². The van der Waals surface area contributed by atoms with Crippen molar-refractivity contribution in [1.29, 1.82) is 0 Å². The van der Waals surface area contributed by atoms with E-state index in [1.54, 1.807) is 18.5 Å². The summed E-state index contributed by atoms with van der Waals surface area (Å²) < 4.78 is 0. The fraction of sp³-hybridized carbons (Fsp3) is 0.250. The van der Waals surface area contributed by atoms with Crippen molar-refractivity contribution < 1.29 is 4.79 Å². The smallest absolute Gasteiger partial charge is 0.221 e. The molecule has 0 radical (unpaired) electrons. The van der Waals surface area contributed by atoms with Crippen molar-refractivity contribution in [2.75, 3.05) is 0 Å². The molecule has 1 amide bonds. The molecule has 0 aliphatic carbocycles. The predicted octanol–water partition coefficient (Wildman–Crippen LogP) is 0.995. The van der Waals surface area contributed by atoms with E-state index < -0.39 is 0 Å². The molecule has 11 heavy (non-hydrogen) atoms. The first kappa shape index (κ1) is 7.72. The van der Waals surface area contributed by atoms with E-state index in [0.29, 0.717) is 0 Å². The van der Waals surface area contributed by atoms with E-state index in [0.717, 1.165) is 12.1 Å². The second kappa shape index (κ2) is 3.71. The molecule has 1 N–H and O–H groups in total. The third-order valence-corrected chi connectivity index (χ3v) is 1.23. The second-order valence-corrected chi connectivity index (χ2v) is 2.26. The number of hydrogen-bond acceptors (Lipinski definition) is 2. The number of rotatable bonds is 1. The molecule has 0 unspecified atom stereocenters. The van der Waals surface area contributed by atoms with Crippen LogP contribution in [0, 0.1) is 0 Å². The van der Waals surface area contributed by atoms with Crippen molar-refractivity contribution in [3.05, 3.63) is 24.0 Å². The zero-order chi connectivity index (χ0) is 8.10. The van der Waals surface area contributed by atoms with Gasteiger partial charge in [0.15, 0.2) is 0 Å². The van der Waals surface area contributed by atoms with E-state index >= 15 is 0 Å². The van der Waals surface area contributed by atoms with Crippen molar-refractivity contribution in [3.8, 4) is 0 Å². The average Bonchev–Trinajstić information content (AvgIpc) is 2.14. The van der Waals surface area contributed by atoms with Crippen molar-refractivity contribution in [2.24, 2.45) is 4.99 Å². The van der Waals surface area contributed by atoms with Gasteiger partial charge in [0.05, 0.1) is 0 Å². The summed E-state index contributed by atoms with van der Waals surface area (Å²) in [6.45, 7) is 1.49. The van der Waals surface area contributed by atoms with Gasteiger partial charge in [-0.1, -0.05) is 6.08 Å². The number of carbonyl (C=O) groups is 1. The molecule has 1 rings (SSSR count). The molecule has 0 fully saturated rings. The summed E-state index contributed by atoms with van der Waals surface area (Å²) in [7, 11) is 0. The second-order valence-electron chi connectivity index (χ2n) is 2.26. The van der Waals surface area contributed by atoms with Gasteiger partial charge in [0.2, 0.25) is 5.91 Å². The molecule has 1 heterocycles. The van der Waals surface area contributed by atoms with Gasteiger partial charge in [-0.3, -0.25) is 9.79 Å². The van der Waals surface area contributed by atoms with Gasteiger partial charge in [0, 0.05) is 31.5 Å². The van der Waals surface area contributed by atoms with E-state index in [4.69, 9.17) is 0 Å². The fourth-order valence-electron chi connectivity index (χ4n) is 0.810. The highest BCUT2D eigenvalue weighted by Gasteiger charge is 1.96. The number of aliphatic imine (C=N–C) groups is 1. The zero-order valence-electron chi connectivity index (χ0n) is 6.37. The molecule has 0 bridgehead atoms. The third kappa shape index (κ3) is 2.80. The lowest BCUT2D eigenvalue weighted by Crippen LogP contribution is -2.18. The van der Waals surface area contributed by atoms with Gasteiger partial charge >= 0.3 is 0 Å². The van der Waals surface area contributed by atoms with Crippen LogP contribution in [0.4, 0.5) is 0 Å². The normalized spacial score (nSPS) is 15.5. The molecular weight excluding hydrogens is 140 g/mol. The maximum Gasteiger partial charge on any atom is 0.221 e. The van der Waals surface area contributed by atoms with Crippen LogP contribution in [-0.4, -0.2) is 12.1 Å². The number of nitrogens with zero attached hydrogens (tertiary/aromatic N) is 1. The van der Waals surface area contributed by atoms with E-state index in [1.165, 1.54) is 6.92 Å². The highest BCUT2D eigenvalue weighted by molar-refractivity contribution is 5.78. The Bertz CT molecular complexity index is 238. The SMILES string of the molecule is CC(=O)NC1=CC=NC=CC1. The van der Waals surface area contributed by atoms with Crippen LogP contribution in [0.1, 0.15) is 13.3 Å². The van der Waals surface area contributed by atoms with Gasteiger partial charge in [0.25, 0.3) is 0 Å². The quantitative estimate of drug-likeness (QED) is 0.595. The Morgan fingerprint density at radius 3 is 3.27 bits per heavy atom. The Kier molecular flexibility index (Phi) is 2.60. The van der Waals surface area contributed by atoms with Crippen molar-refractivity contribution in [2.45, 2.75) is 13.3 Å². The predicted molar refractivity (Wildman–Crippen MR) is 44.1 cm³/mol. The summed E-state index contributed by atoms with van der Waals surface area (Å²) in [5, 5.41) is 2.70. The van der Waals surface area contributed by atoms with E-state index in [1.807, 2.05) is 6.08 Å². The molecule has 0 atom stereocenters. The zero-order valence-corrected chi connectivity index (χ0v) is 6.37. The van der Waals surface area contributed by atoms with Crippen molar-refractivity contribution in [1.82, 2.24) is 5.32 Å². The minimum Gasteiger partial charge on any atom is -0.330 e. The average molecular weight is 150 g/mol. The standard InChI is InChI=1S/C8H10N2O/c1-7(11)10-8-3-2-5-9-6-4-8/h2,4-6H,3H2,1H3,(H,10,11). The van der Waals surface area contributed by atoms with Crippen molar-refractivity contribution >= 4 is 12.1 Å². The summed E-state index contributed by atoms with van der Waals surface area (Å²) in [5.41, 5.74) is 0.884. The van der Waals surface area contributed by atoms with Crippen LogP contribution in [0.3, 0.4) is 0 Å². The van der Waals surface area contributed by atoms with Gasteiger partial charge in [-0.2, -0.15) is 0 Å². The molecule has 3 heteroatoms. The minimum atomic E-state index is -0.0417. The molecule has 0 spiro atoms. The molecule has 3 nitrogen and oxygen atoms in total. The van der Waals surface area contributed by atoms with Crippen LogP contribution in [0.5, 0.6) is 0 Å². The first-order valence-corrected chi connectivity index (χ1v) is 3.44. The Morgan fingerprint density at radius 1 is 1.73 bits per heavy atom. The van der Waals surface area contributed by atoms with Crippen LogP contribution in [-0.2, 0) is 4.79 Å². The maximum absolute atomic E-state index is 10.6. The molecule has 0 aromatic rings. The highest BCUT2D eigenvalue weighted by atomic mass is 16.1. The van der Waals surface area contributed by atoms with Gasteiger partial charge in [-0.05, 0) is 6.08 Å². The summed E-state index contributed by atoms with van der Waals surface area (Å²) in [6, 6.07) is 0. The maximum atomic E-state index is 10.6. The highest BCUT2D eigenvalue weighted by Crippen LogP contribution is 2.00. The van der Waals surface area contributed by atoms with Gasteiger partial charge in [-0.25, -0.2) is 0 Å². The van der Waals surface area contributed by atoms with Gasteiger partial charge < -0.3 is 5.32 Å². The molecule has 1 aliphatic rings. The first-order chi connectivity index (χ1) is 5.29. The van der Waals surface area contributed by atoms with Crippen LogP contribution < -0.4 is 5.32 Å². The molecule has 1 aliphatic heterocycles. The van der Waals surface area contributed by atoms with Crippen LogP contribution in [0.2, 0.25) is 0 Å². The Balaban J connectivity index is 2.57. The van der Waals surface area contributed by atoms with Crippen LogP contribution in [0.25, 0.3) is 0 Å². The Morgan fingerprint density at radius 2 is 2.55 bits per heavy atom. The minimum absolute atomic E-state index is 0.0417. The lowest BCUT2D eigenvalue weighted by molar-refractivity contribution is -0.118. The van der Waals surface area contributed by atoms with E-state index in [9.17, 15) is 4.79 Å². The summed E-state index contributed by atoms with van der Waals surface area (Å²) in [4.78, 5) is 14.5. The lowest BCUT2D eigenvalue weighted by atomic mass is 10.3. The summed E-state index contributed by atoms with van der Waals surface area (Å²) in [6.07, 6.45) is 7.80. The van der Waals surface area contributed by atoms with Crippen LogP contribution >= 0.6 is 0 Å². The lowest BCUT2D eigenvalue weighted by Gasteiger charge is -2.01. The van der Waals surface area contributed by atoms with Crippen molar-refractivity contribution in [3.63, 3.8) is 0 Å². The Labute approximate surface area is 65.5 Å². The third-order valence-electron chi connectivity index (χ3n) is 1.23. The fourth-order valence-corrected chi connectivity index (χ4v) is 0.810. The first-order valence-electron chi connectivity index (χ1n) is 3.44. The van der Waals surface area contributed by atoms with E-state index in [2.05, 4.69) is 10.3 Å². The number of nitrogens with one attached hydrogen (secondary N) is 1. The van der Waals surface area contributed by atoms with Crippen LogP contribution in [0.15, 0.2) is 29.0 Å².